The highest BCUT2D eigenvalue weighted by Crippen LogP contribution is 2.38. The Morgan fingerprint density at radius 1 is 0.306 bits per heavy atom. The molecule has 49 heavy (non-hydrogen) atoms. The number of aryl methyl sites for hydroxylation is 1. The minimum Gasteiger partial charge on any atom is -0.310 e. The maximum atomic E-state index is 2.33. The van der Waals surface area contributed by atoms with E-state index in [1.165, 1.54) is 27.1 Å². The van der Waals surface area contributed by atoms with Gasteiger partial charge in [0.15, 0.2) is 0 Å². The van der Waals surface area contributed by atoms with Gasteiger partial charge in [-0.2, -0.15) is 0 Å². The van der Waals surface area contributed by atoms with E-state index in [9.17, 15) is 0 Å². The first-order valence-electron chi connectivity index (χ1n) is 16.8. The van der Waals surface area contributed by atoms with Crippen LogP contribution in [0.5, 0.6) is 0 Å². The van der Waals surface area contributed by atoms with Crippen molar-refractivity contribution in [1.29, 1.82) is 0 Å². The highest BCUT2D eigenvalue weighted by molar-refractivity contribution is 5.91. The third-order valence-electron chi connectivity index (χ3n) is 9.06. The molecule has 0 aliphatic rings. The van der Waals surface area contributed by atoms with Crippen molar-refractivity contribution in [2.75, 3.05) is 9.80 Å². The van der Waals surface area contributed by atoms with Crippen LogP contribution in [0.25, 0.3) is 33.7 Å². The van der Waals surface area contributed by atoms with Crippen LogP contribution in [0.4, 0.5) is 34.1 Å². The first-order valence-corrected chi connectivity index (χ1v) is 16.8. The van der Waals surface area contributed by atoms with Gasteiger partial charge in [-0.1, -0.05) is 133 Å². The van der Waals surface area contributed by atoms with Gasteiger partial charge in [0.2, 0.25) is 0 Å². The van der Waals surface area contributed by atoms with Crippen LogP contribution in [0.2, 0.25) is 0 Å². The minimum absolute atomic E-state index is 1.12. The predicted octanol–water partition coefficient (Wildman–Crippen LogP) is 13.4. The van der Waals surface area contributed by atoms with Crippen LogP contribution in [-0.4, -0.2) is 0 Å². The Morgan fingerprint density at radius 3 is 1.10 bits per heavy atom. The summed E-state index contributed by atoms with van der Waals surface area (Å²) < 4.78 is 0. The van der Waals surface area contributed by atoms with Gasteiger partial charge in [0.1, 0.15) is 0 Å². The summed E-state index contributed by atoms with van der Waals surface area (Å²) in [5.74, 6) is 0. The van der Waals surface area contributed by atoms with Crippen molar-refractivity contribution in [2.45, 2.75) is 6.92 Å². The lowest BCUT2D eigenvalue weighted by molar-refractivity contribution is 1.28. The molecule has 2 nitrogen and oxygen atoms in total. The number of benzene rings is 8. The Morgan fingerprint density at radius 2 is 0.653 bits per heavy atom. The zero-order valence-corrected chi connectivity index (χ0v) is 27.4. The zero-order valence-electron chi connectivity index (χ0n) is 27.4. The largest absolute Gasteiger partial charge is 0.310 e. The quantitative estimate of drug-likeness (QED) is 0.155. The molecule has 8 rings (SSSR count). The molecule has 0 unspecified atom stereocenters. The molecule has 234 valence electrons. The van der Waals surface area contributed by atoms with E-state index < -0.39 is 0 Å². The van der Waals surface area contributed by atoms with Gasteiger partial charge < -0.3 is 9.80 Å². The van der Waals surface area contributed by atoms with Crippen molar-refractivity contribution in [3.8, 4) is 0 Å². The zero-order chi connectivity index (χ0) is 33.0. The van der Waals surface area contributed by atoms with Crippen molar-refractivity contribution >= 4 is 67.8 Å². The Kier molecular flexibility index (Phi) is 8.19. The number of fused-ring (bicyclic) bond motifs is 2. The summed E-state index contributed by atoms with van der Waals surface area (Å²) in [6, 6.07) is 67.3. The standard InChI is InChI=1S/C47H36N2/c1-35-15-25-43(26-16-35)49(47-32-24-39-10-6-8-12-41(39)34-47)45-29-21-37(22-30-45)18-17-36-19-27-44(28-20-36)48(42-13-3-2-4-14-42)46-31-23-38-9-5-7-11-40(38)33-46/h2-34H,1H3/b18-17+. The number of nitrogens with zero attached hydrogens (tertiary/aromatic N) is 2. The fraction of sp³-hybridized carbons (Fsp3) is 0.0213. The van der Waals surface area contributed by atoms with Crippen LogP contribution in [0.3, 0.4) is 0 Å². The lowest BCUT2D eigenvalue weighted by atomic mass is 10.1. The van der Waals surface area contributed by atoms with Gasteiger partial charge in [-0.3, -0.25) is 0 Å². The Bertz CT molecular complexity index is 2370. The van der Waals surface area contributed by atoms with Gasteiger partial charge in [-0.05, 0) is 112 Å². The van der Waals surface area contributed by atoms with Crippen LogP contribution in [0.15, 0.2) is 188 Å². The van der Waals surface area contributed by atoms with Crippen molar-refractivity contribution in [1.82, 2.24) is 0 Å². The smallest absolute Gasteiger partial charge is 0.0468 e. The van der Waals surface area contributed by atoms with Crippen molar-refractivity contribution in [3.63, 3.8) is 0 Å². The molecule has 0 radical (unpaired) electrons. The number of rotatable bonds is 8. The van der Waals surface area contributed by atoms with Crippen LogP contribution >= 0.6 is 0 Å². The average molecular weight is 629 g/mol. The van der Waals surface area contributed by atoms with E-state index in [-0.39, 0.29) is 0 Å². The summed E-state index contributed by atoms with van der Waals surface area (Å²) in [6.07, 6.45) is 4.37. The molecule has 0 amide bonds. The van der Waals surface area contributed by atoms with Gasteiger partial charge in [0, 0.05) is 34.1 Å². The van der Waals surface area contributed by atoms with E-state index in [4.69, 9.17) is 0 Å². The molecule has 0 aliphatic carbocycles. The van der Waals surface area contributed by atoms with Gasteiger partial charge >= 0.3 is 0 Å². The predicted molar refractivity (Wildman–Crippen MR) is 211 cm³/mol. The van der Waals surface area contributed by atoms with E-state index in [0.717, 1.165) is 45.3 Å². The molecule has 8 aromatic carbocycles. The van der Waals surface area contributed by atoms with Crippen molar-refractivity contribution < 1.29 is 0 Å². The third kappa shape index (κ3) is 6.45. The molecule has 0 aromatic heterocycles. The molecule has 0 bridgehead atoms. The van der Waals surface area contributed by atoms with E-state index in [2.05, 4.69) is 217 Å². The second-order valence-corrected chi connectivity index (χ2v) is 12.4. The number of anilines is 6. The normalized spacial score (nSPS) is 11.3. The van der Waals surface area contributed by atoms with E-state index in [0.29, 0.717) is 0 Å². The summed E-state index contributed by atoms with van der Waals surface area (Å²) in [4.78, 5) is 4.64. The monoisotopic (exact) mass is 628 g/mol. The minimum atomic E-state index is 1.12. The summed E-state index contributed by atoms with van der Waals surface area (Å²) in [7, 11) is 0. The summed E-state index contributed by atoms with van der Waals surface area (Å²) in [6.45, 7) is 2.13. The lowest BCUT2D eigenvalue weighted by Crippen LogP contribution is -2.09. The Labute approximate surface area is 288 Å². The third-order valence-corrected chi connectivity index (χ3v) is 9.06. The second-order valence-electron chi connectivity index (χ2n) is 12.4. The highest BCUT2D eigenvalue weighted by Gasteiger charge is 2.14. The summed E-state index contributed by atoms with van der Waals surface area (Å²) in [5, 5.41) is 4.94. The van der Waals surface area contributed by atoms with E-state index >= 15 is 0 Å². The Hall–Kier alpha value is -6.38. The van der Waals surface area contributed by atoms with Gasteiger partial charge in [-0.15, -0.1) is 0 Å². The second kappa shape index (κ2) is 13.4. The average Bonchev–Trinajstić information content (AvgIpc) is 3.16. The van der Waals surface area contributed by atoms with Crippen LogP contribution in [0, 0.1) is 6.92 Å². The molecule has 0 saturated carbocycles. The first kappa shape index (κ1) is 30.0. The van der Waals surface area contributed by atoms with Crippen LogP contribution in [-0.2, 0) is 0 Å². The van der Waals surface area contributed by atoms with E-state index in [1.807, 2.05) is 0 Å². The fourth-order valence-electron chi connectivity index (χ4n) is 6.46. The molecule has 0 fully saturated rings. The van der Waals surface area contributed by atoms with Gasteiger partial charge in [0.25, 0.3) is 0 Å². The van der Waals surface area contributed by atoms with Crippen molar-refractivity contribution in [3.05, 3.63) is 205 Å². The fourth-order valence-corrected chi connectivity index (χ4v) is 6.46. The molecule has 8 aromatic rings. The van der Waals surface area contributed by atoms with E-state index in [1.54, 1.807) is 0 Å². The molecule has 2 heteroatoms. The summed E-state index contributed by atoms with van der Waals surface area (Å²) in [5.41, 5.74) is 10.3. The maximum absolute atomic E-state index is 2.33. The van der Waals surface area contributed by atoms with Crippen LogP contribution in [0.1, 0.15) is 16.7 Å². The maximum Gasteiger partial charge on any atom is 0.0468 e. The molecule has 0 saturated heterocycles. The van der Waals surface area contributed by atoms with Gasteiger partial charge in [0.05, 0.1) is 0 Å². The molecule has 0 atom stereocenters. The number of hydrogen-bond donors (Lipinski definition) is 0. The van der Waals surface area contributed by atoms with Crippen LogP contribution < -0.4 is 9.80 Å². The summed E-state index contributed by atoms with van der Waals surface area (Å²) >= 11 is 0. The lowest BCUT2D eigenvalue weighted by Gasteiger charge is -2.26. The molecular weight excluding hydrogens is 593 g/mol. The molecule has 0 heterocycles. The number of para-hydroxylation sites is 1. The molecule has 0 N–H and O–H groups in total. The molecule has 0 spiro atoms. The molecular formula is C47H36N2. The SMILES string of the molecule is Cc1ccc(N(c2ccc(/C=C/c3ccc(N(c4ccccc4)c4ccc5ccccc5c4)cc3)cc2)c2ccc3ccccc3c2)cc1. The highest BCUT2D eigenvalue weighted by atomic mass is 15.1. The Balaban J connectivity index is 1.06. The number of hydrogen-bond acceptors (Lipinski definition) is 2. The first-order chi connectivity index (χ1) is 24.2. The van der Waals surface area contributed by atoms with Gasteiger partial charge in [-0.25, -0.2) is 0 Å². The van der Waals surface area contributed by atoms with Crippen molar-refractivity contribution in [2.24, 2.45) is 0 Å². The molecule has 0 aliphatic heterocycles. The topological polar surface area (TPSA) is 6.48 Å².